The van der Waals surface area contributed by atoms with Crippen LogP contribution in [0.5, 0.6) is 0 Å². The first kappa shape index (κ1) is 11.8. The maximum absolute atomic E-state index is 5.52. The number of aromatic nitrogens is 3. The minimum atomic E-state index is 0.704. The number of nitrogens with zero attached hydrogens (tertiary/aromatic N) is 5. The second-order valence-corrected chi connectivity index (χ2v) is 4.07. The van der Waals surface area contributed by atoms with Gasteiger partial charge in [0.25, 0.3) is 0 Å². The van der Waals surface area contributed by atoms with E-state index in [9.17, 15) is 0 Å². The lowest BCUT2D eigenvalue weighted by Gasteiger charge is -2.29. The number of fused-ring (bicyclic) bond motifs is 1. The normalized spacial score (nSPS) is 15.9. The Labute approximate surface area is 101 Å². The van der Waals surface area contributed by atoms with Crippen molar-refractivity contribution in [2.24, 2.45) is 10.8 Å². The maximum atomic E-state index is 5.52. The van der Waals surface area contributed by atoms with E-state index in [1.807, 2.05) is 0 Å². The highest BCUT2D eigenvalue weighted by atomic mass is 15.4. The van der Waals surface area contributed by atoms with Crippen LogP contribution in [0, 0.1) is 0 Å². The smallest absolute Gasteiger partial charge is 0.208 e. The van der Waals surface area contributed by atoms with Crippen molar-refractivity contribution in [3.05, 3.63) is 12.2 Å². The molecule has 1 aliphatic rings. The molecular weight excluding hydrogens is 218 g/mol. The van der Waals surface area contributed by atoms with Crippen molar-refractivity contribution in [2.45, 2.75) is 32.9 Å². The van der Waals surface area contributed by atoms with E-state index in [1.165, 1.54) is 0 Å². The van der Waals surface area contributed by atoms with Gasteiger partial charge in [-0.3, -0.25) is 10.4 Å². The van der Waals surface area contributed by atoms with Gasteiger partial charge in [0.05, 0.1) is 6.54 Å². The van der Waals surface area contributed by atoms with Gasteiger partial charge in [0.1, 0.15) is 6.33 Å². The first-order valence-electron chi connectivity index (χ1n) is 5.98. The van der Waals surface area contributed by atoms with Crippen LogP contribution in [-0.2, 0) is 13.1 Å². The molecule has 3 N–H and O–H groups in total. The summed E-state index contributed by atoms with van der Waals surface area (Å²) >= 11 is 0. The van der Waals surface area contributed by atoms with E-state index in [0.717, 1.165) is 44.3 Å². The highest BCUT2D eigenvalue weighted by Gasteiger charge is 2.19. The second-order valence-electron chi connectivity index (χ2n) is 4.07. The van der Waals surface area contributed by atoms with Gasteiger partial charge in [-0.25, -0.2) is 5.84 Å². The van der Waals surface area contributed by atoms with E-state index < -0.39 is 0 Å². The number of hydrogen-bond acceptors (Lipinski definition) is 4. The third kappa shape index (κ3) is 2.73. The fourth-order valence-electron chi connectivity index (χ4n) is 1.83. The molecule has 0 atom stereocenters. The van der Waals surface area contributed by atoms with Gasteiger partial charge in [-0.1, -0.05) is 13.3 Å². The van der Waals surface area contributed by atoms with Crippen molar-refractivity contribution in [2.75, 3.05) is 13.1 Å². The molecule has 0 amide bonds. The van der Waals surface area contributed by atoms with Crippen molar-refractivity contribution in [1.82, 2.24) is 25.1 Å². The number of nitrogens with one attached hydrogen (secondary N) is 1. The lowest BCUT2D eigenvalue weighted by Crippen LogP contribution is -2.48. The Hall–Kier alpha value is -1.63. The van der Waals surface area contributed by atoms with Gasteiger partial charge in [-0.2, -0.15) is 0 Å². The fraction of sp³-hybridized carbons (Fsp3) is 0.700. The summed E-state index contributed by atoms with van der Waals surface area (Å²) in [6.45, 7) is 5.40. The fourth-order valence-corrected chi connectivity index (χ4v) is 1.83. The average molecular weight is 237 g/mol. The number of unbranched alkanes of at least 4 members (excludes halogenated alkanes) is 1. The van der Waals surface area contributed by atoms with Crippen molar-refractivity contribution in [1.29, 1.82) is 0 Å². The summed E-state index contributed by atoms with van der Waals surface area (Å²) in [5, 5.41) is 7.96. The summed E-state index contributed by atoms with van der Waals surface area (Å²) in [6, 6.07) is 0. The van der Waals surface area contributed by atoms with Crippen LogP contribution in [0.15, 0.2) is 11.3 Å². The van der Waals surface area contributed by atoms with Crippen LogP contribution < -0.4 is 11.3 Å². The average Bonchev–Trinajstić information content (AvgIpc) is 2.82. The molecular formula is C10H19N7. The molecule has 0 unspecified atom stereocenters. The Morgan fingerprint density at radius 1 is 1.59 bits per heavy atom. The van der Waals surface area contributed by atoms with Crippen LogP contribution in [0.25, 0.3) is 0 Å². The Morgan fingerprint density at radius 3 is 3.24 bits per heavy atom. The number of nitrogens with two attached hydrogens (primary N) is 1. The van der Waals surface area contributed by atoms with Gasteiger partial charge >= 0.3 is 0 Å². The molecule has 17 heavy (non-hydrogen) atoms. The van der Waals surface area contributed by atoms with Crippen LogP contribution in [-0.4, -0.2) is 38.7 Å². The summed E-state index contributed by atoms with van der Waals surface area (Å²) in [5.41, 5.74) is 2.67. The zero-order valence-electron chi connectivity index (χ0n) is 10.1. The molecule has 0 aliphatic carbocycles. The van der Waals surface area contributed by atoms with Gasteiger partial charge in [-0.05, 0) is 6.42 Å². The van der Waals surface area contributed by atoms with E-state index in [0.29, 0.717) is 6.54 Å². The third-order valence-corrected chi connectivity index (χ3v) is 2.84. The van der Waals surface area contributed by atoms with E-state index in [4.69, 9.17) is 5.84 Å². The molecule has 0 aromatic carbocycles. The van der Waals surface area contributed by atoms with Gasteiger partial charge in [0.2, 0.25) is 5.96 Å². The van der Waals surface area contributed by atoms with Crippen LogP contribution >= 0.6 is 0 Å². The minimum Gasteiger partial charge on any atom is -0.333 e. The molecule has 2 heterocycles. The Bertz CT molecular complexity index is 384. The molecule has 0 radical (unpaired) electrons. The molecule has 7 heteroatoms. The molecule has 0 bridgehead atoms. The lowest BCUT2D eigenvalue weighted by molar-refractivity contribution is 0.319. The molecule has 1 aromatic heterocycles. The van der Waals surface area contributed by atoms with E-state index in [-0.39, 0.29) is 0 Å². The number of hydrazine groups is 1. The summed E-state index contributed by atoms with van der Waals surface area (Å²) in [7, 11) is 0. The predicted molar refractivity (Wildman–Crippen MR) is 65.0 cm³/mol. The quantitative estimate of drug-likeness (QED) is 0.248. The number of guanidine groups is 1. The van der Waals surface area contributed by atoms with Crippen LogP contribution in [0.1, 0.15) is 25.6 Å². The summed E-state index contributed by atoms with van der Waals surface area (Å²) in [4.78, 5) is 6.56. The largest absolute Gasteiger partial charge is 0.333 e. The zero-order valence-corrected chi connectivity index (χ0v) is 10.1. The standard InChI is InChI=1S/C10H19N7/c1-2-3-4-12-10(14-11)16-5-6-17-8-13-15-9(17)7-16/h8H,2-7,11H2,1H3,(H,12,14). The number of aliphatic imine (C=N–C) groups is 1. The summed E-state index contributed by atoms with van der Waals surface area (Å²) in [6.07, 6.45) is 3.97. The molecule has 0 fully saturated rings. The third-order valence-electron chi connectivity index (χ3n) is 2.84. The predicted octanol–water partition coefficient (Wildman–Crippen LogP) is -0.287. The molecule has 7 nitrogen and oxygen atoms in total. The Balaban J connectivity index is 2.00. The topological polar surface area (TPSA) is 84.4 Å². The second kappa shape index (κ2) is 5.62. The van der Waals surface area contributed by atoms with Crippen LogP contribution in [0.3, 0.4) is 0 Å². The molecule has 2 rings (SSSR count). The summed E-state index contributed by atoms with van der Waals surface area (Å²) < 4.78 is 2.05. The zero-order chi connectivity index (χ0) is 12.1. The number of rotatable bonds is 3. The molecule has 1 aromatic rings. The van der Waals surface area contributed by atoms with E-state index >= 15 is 0 Å². The molecule has 1 aliphatic heterocycles. The van der Waals surface area contributed by atoms with Crippen molar-refractivity contribution >= 4 is 5.96 Å². The number of hydrogen-bond donors (Lipinski definition) is 2. The van der Waals surface area contributed by atoms with Gasteiger partial charge in [0, 0.05) is 19.6 Å². The van der Waals surface area contributed by atoms with Crippen molar-refractivity contribution in [3.8, 4) is 0 Å². The summed E-state index contributed by atoms with van der Waals surface area (Å²) in [5.74, 6) is 7.21. The van der Waals surface area contributed by atoms with Crippen LogP contribution in [0.4, 0.5) is 0 Å². The Kier molecular flexibility index (Phi) is 3.92. The van der Waals surface area contributed by atoms with Gasteiger partial charge in [0.15, 0.2) is 5.82 Å². The highest BCUT2D eigenvalue weighted by Crippen LogP contribution is 2.08. The maximum Gasteiger partial charge on any atom is 0.208 e. The SMILES string of the molecule is CCCCN=C(NN)N1CCn2cnnc2C1. The molecule has 94 valence electrons. The van der Waals surface area contributed by atoms with Crippen molar-refractivity contribution < 1.29 is 0 Å². The van der Waals surface area contributed by atoms with Gasteiger partial charge in [-0.15, -0.1) is 10.2 Å². The minimum absolute atomic E-state index is 0.704. The first-order valence-corrected chi connectivity index (χ1v) is 5.98. The molecule has 0 spiro atoms. The van der Waals surface area contributed by atoms with Gasteiger partial charge < -0.3 is 9.47 Å². The first-order chi connectivity index (χ1) is 8.35. The van der Waals surface area contributed by atoms with Crippen LogP contribution in [0.2, 0.25) is 0 Å². The molecule has 0 saturated heterocycles. The Morgan fingerprint density at radius 2 is 2.47 bits per heavy atom. The highest BCUT2D eigenvalue weighted by molar-refractivity contribution is 5.79. The lowest BCUT2D eigenvalue weighted by atomic mass is 10.3. The van der Waals surface area contributed by atoms with E-state index in [1.54, 1.807) is 6.33 Å². The molecule has 0 saturated carbocycles. The van der Waals surface area contributed by atoms with E-state index in [2.05, 4.69) is 37.0 Å². The monoisotopic (exact) mass is 237 g/mol. The van der Waals surface area contributed by atoms with Crippen molar-refractivity contribution in [3.63, 3.8) is 0 Å².